The van der Waals surface area contributed by atoms with Crippen molar-refractivity contribution in [1.29, 1.82) is 0 Å². The van der Waals surface area contributed by atoms with E-state index in [1.807, 2.05) is 32.9 Å². The molecule has 2 N–H and O–H groups in total. The summed E-state index contributed by atoms with van der Waals surface area (Å²) in [5.74, 6) is 0.575. The highest BCUT2D eigenvalue weighted by Crippen LogP contribution is 2.15. The van der Waals surface area contributed by atoms with Gasteiger partial charge in [-0.3, -0.25) is 0 Å². The zero-order valence-corrected chi connectivity index (χ0v) is 12.6. The standard InChI is InChI=1S/C13H19ClN4O2/c1-13(2,3)20-12(19)17-7-5-4-6-16-11-10(14)8-15-9-18-11/h4-5,8-9H,6-7H2,1-3H3,(H,17,19)(H,15,16,18). The fourth-order valence-electron chi connectivity index (χ4n) is 1.22. The fraction of sp³-hybridized carbons (Fsp3) is 0.462. The highest BCUT2D eigenvalue weighted by atomic mass is 35.5. The van der Waals surface area contributed by atoms with Crippen LogP contribution in [0.3, 0.4) is 0 Å². The largest absolute Gasteiger partial charge is 0.444 e. The maximum Gasteiger partial charge on any atom is 0.407 e. The number of nitrogens with zero attached hydrogens (tertiary/aromatic N) is 2. The number of rotatable bonds is 5. The van der Waals surface area contributed by atoms with Gasteiger partial charge in [-0.15, -0.1) is 0 Å². The quantitative estimate of drug-likeness (QED) is 0.817. The average Bonchev–Trinajstić information content (AvgIpc) is 2.33. The Morgan fingerprint density at radius 1 is 1.40 bits per heavy atom. The smallest absolute Gasteiger partial charge is 0.407 e. The Labute approximate surface area is 123 Å². The minimum absolute atomic E-state index is 0.397. The Balaban J connectivity index is 2.20. The molecular weight excluding hydrogens is 280 g/mol. The molecule has 1 heterocycles. The average molecular weight is 299 g/mol. The van der Waals surface area contributed by atoms with Crippen molar-refractivity contribution in [2.45, 2.75) is 26.4 Å². The highest BCUT2D eigenvalue weighted by Gasteiger charge is 2.14. The molecule has 6 nitrogen and oxygen atoms in total. The van der Waals surface area contributed by atoms with Gasteiger partial charge < -0.3 is 15.4 Å². The van der Waals surface area contributed by atoms with Crippen LogP contribution >= 0.6 is 11.6 Å². The summed E-state index contributed by atoms with van der Waals surface area (Å²) < 4.78 is 5.10. The third-order valence-corrected chi connectivity index (χ3v) is 2.26. The lowest BCUT2D eigenvalue weighted by Crippen LogP contribution is -2.32. The van der Waals surface area contributed by atoms with E-state index in [1.54, 1.807) is 0 Å². The van der Waals surface area contributed by atoms with E-state index in [9.17, 15) is 4.79 Å². The van der Waals surface area contributed by atoms with E-state index >= 15 is 0 Å². The van der Waals surface area contributed by atoms with E-state index in [4.69, 9.17) is 16.3 Å². The molecule has 7 heteroatoms. The predicted octanol–water partition coefficient (Wildman–Crippen LogP) is 2.62. The summed E-state index contributed by atoms with van der Waals surface area (Å²) >= 11 is 5.88. The number of hydrogen-bond donors (Lipinski definition) is 2. The van der Waals surface area contributed by atoms with Gasteiger partial charge in [-0.1, -0.05) is 23.8 Å². The molecule has 0 unspecified atom stereocenters. The van der Waals surface area contributed by atoms with Crippen molar-refractivity contribution in [1.82, 2.24) is 15.3 Å². The van der Waals surface area contributed by atoms with Crippen LogP contribution in [-0.4, -0.2) is 34.8 Å². The molecule has 0 aliphatic carbocycles. The molecule has 0 atom stereocenters. The number of ether oxygens (including phenoxy) is 1. The van der Waals surface area contributed by atoms with Crippen LogP contribution in [0.2, 0.25) is 5.02 Å². The molecule has 0 aliphatic rings. The molecule has 1 amide bonds. The summed E-state index contributed by atoms with van der Waals surface area (Å²) in [4.78, 5) is 19.1. The first-order valence-electron chi connectivity index (χ1n) is 6.20. The lowest BCUT2D eigenvalue weighted by Gasteiger charge is -2.19. The fourth-order valence-corrected chi connectivity index (χ4v) is 1.39. The molecule has 20 heavy (non-hydrogen) atoms. The third kappa shape index (κ3) is 6.94. The summed E-state index contributed by atoms with van der Waals surface area (Å²) in [6.45, 7) is 6.40. The van der Waals surface area contributed by atoms with Crippen molar-refractivity contribution in [2.75, 3.05) is 18.4 Å². The number of amides is 1. The Hall–Kier alpha value is -1.82. The minimum Gasteiger partial charge on any atom is -0.444 e. The molecule has 0 bridgehead atoms. The zero-order valence-electron chi connectivity index (χ0n) is 11.8. The lowest BCUT2D eigenvalue weighted by atomic mass is 10.2. The number of carbonyl (C=O) groups is 1. The van der Waals surface area contributed by atoms with Gasteiger partial charge in [0.1, 0.15) is 22.8 Å². The normalized spacial score (nSPS) is 11.4. The van der Waals surface area contributed by atoms with Gasteiger partial charge in [0.05, 0.1) is 6.20 Å². The van der Waals surface area contributed by atoms with Crippen LogP contribution in [0, 0.1) is 0 Å². The number of carbonyl (C=O) groups excluding carboxylic acids is 1. The van der Waals surface area contributed by atoms with Crippen LogP contribution in [0.5, 0.6) is 0 Å². The molecule has 110 valence electrons. The molecule has 0 radical (unpaired) electrons. The zero-order chi connectivity index (χ0) is 15.0. The summed E-state index contributed by atoms with van der Waals surface area (Å²) in [6.07, 6.45) is 6.17. The second-order valence-electron chi connectivity index (χ2n) is 4.95. The van der Waals surface area contributed by atoms with Crippen LogP contribution in [0.4, 0.5) is 10.6 Å². The van der Waals surface area contributed by atoms with Gasteiger partial charge >= 0.3 is 6.09 Å². The molecular formula is C13H19ClN4O2. The monoisotopic (exact) mass is 298 g/mol. The van der Waals surface area contributed by atoms with Crippen LogP contribution in [0.15, 0.2) is 24.7 Å². The highest BCUT2D eigenvalue weighted by molar-refractivity contribution is 6.32. The Kier molecular flexibility index (Phi) is 6.24. The van der Waals surface area contributed by atoms with E-state index in [2.05, 4.69) is 20.6 Å². The minimum atomic E-state index is -0.487. The number of hydrogen-bond acceptors (Lipinski definition) is 5. The predicted molar refractivity (Wildman–Crippen MR) is 78.9 cm³/mol. The van der Waals surface area contributed by atoms with Crippen molar-refractivity contribution in [3.63, 3.8) is 0 Å². The number of anilines is 1. The molecule has 0 saturated heterocycles. The number of aromatic nitrogens is 2. The molecule has 0 fully saturated rings. The summed E-state index contributed by atoms with van der Waals surface area (Å²) in [7, 11) is 0. The molecule has 0 saturated carbocycles. The van der Waals surface area contributed by atoms with Gasteiger partial charge in [0.25, 0.3) is 0 Å². The van der Waals surface area contributed by atoms with Crippen molar-refractivity contribution >= 4 is 23.5 Å². The first kappa shape index (κ1) is 16.2. The van der Waals surface area contributed by atoms with Crippen LogP contribution in [0.1, 0.15) is 20.8 Å². The lowest BCUT2D eigenvalue weighted by molar-refractivity contribution is 0.0534. The van der Waals surface area contributed by atoms with Crippen molar-refractivity contribution < 1.29 is 9.53 Å². The summed E-state index contributed by atoms with van der Waals surface area (Å²) in [6, 6.07) is 0. The van der Waals surface area contributed by atoms with E-state index in [1.165, 1.54) is 12.5 Å². The van der Waals surface area contributed by atoms with E-state index in [0.29, 0.717) is 23.9 Å². The molecule has 0 aromatic carbocycles. The second kappa shape index (κ2) is 7.69. The van der Waals surface area contributed by atoms with Gasteiger partial charge in [-0.05, 0) is 20.8 Å². The Morgan fingerprint density at radius 2 is 2.10 bits per heavy atom. The van der Waals surface area contributed by atoms with Gasteiger partial charge in [0.2, 0.25) is 0 Å². The third-order valence-electron chi connectivity index (χ3n) is 1.98. The maximum atomic E-state index is 11.3. The van der Waals surface area contributed by atoms with Gasteiger partial charge in [-0.25, -0.2) is 14.8 Å². The number of alkyl carbamates (subject to hydrolysis) is 1. The van der Waals surface area contributed by atoms with Gasteiger partial charge in [0.15, 0.2) is 0 Å². The van der Waals surface area contributed by atoms with E-state index in [0.717, 1.165) is 0 Å². The topological polar surface area (TPSA) is 76.1 Å². The first-order valence-corrected chi connectivity index (χ1v) is 6.57. The Morgan fingerprint density at radius 3 is 2.75 bits per heavy atom. The number of nitrogens with one attached hydrogen (secondary N) is 2. The van der Waals surface area contributed by atoms with Crippen LogP contribution in [-0.2, 0) is 4.74 Å². The van der Waals surface area contributed by atoms with Crippen molar-refractivity contribution in [2.24, 2.45) is 0 Å². The second-order valence-corrected chi connectivity index (χ2v) is 5.36. The van der Waals surface area contributed by atoms with Crippen molar-refractivity contribution in [3.05, 3.63) is 29.7 Å². The van der Waals surface area contributed by atoms with Gasteiger partial charge in [0, 0.05) is 13.1 Å². The number of halogens is 1. The summed E-state index contributed by atoms with van der Waals surface area (Å²) in [5, 5.41) is 6.11. The Bertz CT molecular complexity index is 472. The molecule has 1 rings (SSSR count). The molecule has 0 aliphatic heterocycles. The molecule has 0 spiro atoms. The molecule has 1 aromatic heterocycles. The summed E-state index contributed by atoms with van der Waals surface area (Å²) in [5.41, 5.74) is -0.487. The first-order chi connectivity index (χ1) is 9.38. The maximum absolute atomic E-state index is 11.3. The SMILES string of the molecule is CC(C)(C)OC(=O)NCC=CCNc1ncncc1Cl. The molecule has 1 aromatic rings. The van der Waals surface area contributed by atoms with E-state index in [-0.39, 0.29) is 0 Å². The van der Waals surface area contributed by atoms with Crippen LogP contribution in [0.25, 0.3) is 0 Å². The van der Waals surface area contributed by atoms with Gasteiger partial charge in [-0.2, -0.15) is 0 Å². The van der Waals surface area contributed by atoms with E-state index < -0.39 is 11.7 Å². The van der Waals surface area contributed by atoms with Crippen molar-refractivity contribution in [3.8, 4) is 0 Å². The van der Waals surface area contributed by atoms with Crippen LogP contribution < -0.4 is 10.6 Å².